The number of aliphatic imine (C=N–C) groups is 1. The third kappa shape index (κ3) is 6.95. The van der Waals surface area contributed by atoms with Crippen molar-refractivity contribution in [3.8, 4) is 5.75 Å². The summed E-state index contributed by atoms with van der Waals surface area (Å²) in [6.07, 6.45) is -3.89. The largest absolute Gasteiger partial charge is 0.573 e. The predicted octanol–water partition coefficient (Wildman–Crippen LogP) is 3.57. The molecule has 2 aromatic rings. The molecule has 2 amide bonds. The maximum absolute atomic E-state index is 13.3. The van der Waals surface area contributed by atoms with E-state index in [1.165, 1.54) is 17.0 Å². The van der Waals surface area contributed by atoms with Gasteiger partial charge in [0.15, 0.2) is 0 Å². The van der Waals surface area contributed by atoms with E-state index in [-0.39, 0.29) is 31.2 Å². The number of fused-ring (bicyclic) bond motifs is 1. The highest BCUT2D eigenvalue weighted by Gasteiger charge is 2.31. The van der Waals surface area contributed by atoms with Crippen molar-refractivity contribution in [1.29, 1.82) is 0 Å². The number of hydrogen-bond acceptors (Lipinski definition) is 6. The number of nitrogens with zero attached hydrogens (tertiary/aromatic N) is 2. The number of carbonyl (C=O) groups is 2. The number of alkyl halides is 3. The molecule has 0 saturated heterocycles. The van der Waals surface area contributed by atoms with Gasteiger partial charge in [0.25, 0.3) is 0 Å². The summed E-state index contributed by atoms with van der Waals surface area (Å²) < 4.78 is 41.2. The van der Waals surface area contributed by atoms with Crippen LogP contribution in [0.15, 0.2) is 47.5 Å². The van der Waals surface area contributed by atoms with Gasteiger partial charge in [-0.2, -0.15) is 0 Å². The Kier molecular flexibility index (Phi) is 8.34. The van der Waals surface area contributed by atoms with Gasteiger partial charge in [0.2, 0.25) is 11.8 Å². The molecule has 0 aromatic heterocycles. The molecule has 0 aliphatic carbocycles. The molecule has 0 spiro atoms. The maximum Gasteiger partial charge on any atom is 0.573 e. The maximum atomic E-state index is 13.3. The Labute approximate surface area is 200 Å². The second-order valence-corrected chi connectivity index (χ2v) is 8.07. The van der Waals surface area contributed by atoms with Crippen molar-refractivity contribution >= 4 is 29.0 Å². The van der Waals surface area contributed by atoms with Crippen LogP contribution in [0.5, 0.6) is 5.75 Å². The van der Waals surface area contributed by atoms with Gasteiger partial charge in [-0.3, -0.25) is 14.6 Å². The van der Waals surface area contributed by atoms with Gasteiger partial charge < -0.3 is 25.8 Å². The fourth-order valence-corrected chi connectivity index (χ4v) is 3.92. The minimum Gasteiger partial charge on any atom is -0.406 e. The summed E-state index contributed by atoms with van der Waals surface area (Å²) in [7, 11) is 0. The minimum atomic E-state index is -4.83. The highest BCUT2D eigenvalue weighted by Crippen LogP contribution is 2.27. The number of benzene rings is 2. The molecule has 1 aliphatic heterocycles. The Hall–Kier alpha value is -3.60. The van der Waals surface area contributed by atoms with Crippen LogP contribution in [-0.4, -0.2) is 42.3 Å². The quantitative estimate of drug-likeness (QED) is 0.469. The molecule has 35 heavy (non-hydrogen) atoms. The van der Waals surface area contributed by atoms with Crippen molar-refractivity contribution in [1.82, 2.24) is 0 Å². The van der Waals surface area contributed by atoms with Crippen LogP contribution in [0.1, 0.15) is 37.3 Å². The molecular formula is C24H27F3N4O4. The fourth-order valence-electron chi connectivity index (χ4n) is 3.92. The lowest BCUT2D eigenvalue weighted by molar-refractivity contribution is -0.274. The molecule has 8 nitrogen and oxygen atoms in total. The van der Waals surface area contributed by atoms with Gasteiger partial charge in [-0.05, 0) is 54.4 Å². The number of aliphatic hydroxyl groups excluding tert-OH is 1. The number of amides is 2. The third-order valence-corrected chi connectivity index (χ3v) is 5.47. The van der Waals surface area contributed by atoms with Crippen LogP contribution < -0.4 is 20.7 Å². The monoisotopic (exact) mass is 492 g/mol. The van der Waals surface area contributed by atoms with Gasteiger partial charge >= 0.3 is 6.36 Å². The number of hydrogen-bond donors (Lipinski definition) is 3. The third-order valence-electron chi connectivity index (χ3n) is 5.47. The van der Waals surface area contributed by atoms with Crippen molar-refractivity contribution in [3.05, 3.63) is 53.6 Å². The molecular weight excluding hydrogens is 465 g/mol. The zero-order chi connectivity index (χ0) is 25.6. The lowest BCUT2D eigenvalue weighted by Gasteiger charge is -2.27. The van der Waals surface area contributed by atoms with Gasteiger partial charge in [0, 0.05) is 35.8 Å². The highest BCUT2D eigenvalue weighted by atomic mass is 19.4. The lowest BCUT2D eigenvalue weighted by Crippen LogP contribution is -2.39. The summed E-state index contributed by atoms with van der Waals surface area (Å²) in [6, 6.07) is 10.1. The second-order valence-electron chi connectivity index (χ2n) is 8.07. The molecule has 1 aliphatic rings. The number of halogens is 3. The summed E-state index contributed by atoms with van der Waals surface area (Å²) in [5.74, 6) is -1.43. The first-order valence-corrected chi connectivity index (χ1v) is 11.1. The predicted molar refractivity (Wildman–Crippen MR) is 125 cm³/mol. The topological polar surface area (TPSA) is 117 Å². The van der Waals surface area contributed by atoms with Gasteiger partial charge in [-0.15, -0.1) is 13.2 Å². The van der Waals surface area contributed by atoms with Gasteiger partial charge in [-0.25, -0.2) is 0 Å². The van der Waals surface area contributed by atoms with Crippen LogP contribution in [-0.2, 0) is 16.1 Å². The van der Waals surface area contributed by atoms with Crippen molar-refractivity contribution in [2.24, 2.45) is 16.6 Å². The van der Waals surface area contributed by atoms with E-state index in [1.807, 2.05) is 6.92 Å². The van der Waals surface area contributed by atoms with E-state index in [4.69, 9.17) is 5.73 Å². The first kappa shape index (κ1) is 26.0. The summed E-state index contributed by atoms with van der Waals surface area (Å²) in [5.41, 5.74) is 8.39. The lowest BCUT2D eigenvalue weighted by atomic mass is 9.97. The molecule has 2 aromatic carbocycles. The number of nitrogens with two attached hydrogens (primary N) is 1. The summed E-state index contributed by atoms with van der Waals surface area (Å²) in [6.45, 7) is 1.87. The molecule has 4 N–H and O–H groups in total. The number of ether oxygens (including phenoxy) is 1. The van der Waals surface area contributed by atoms with E-state index >= 15 is 0 Å². The van der Waals surface area contributed by atoms with E-state index in [0.717, 1.165) is 23.3 Å². The Bertz CT molecular complexity index is 1090. The molecule has 0 fully saturated rings. The van der Waals surface area contributed by atoms with Crippen LogP contribution in [0.2, 0.25) is 0 Å². The number of aliphatic hydroxyl groups is 1. The zero-order valence-electron chi connectivity index (χ0n) is 19.1. The van der Waals surface area contributed by atoms with Crippen LogP contribution >= 0.6 is 0 Å². The summed E-state index contributed by atoms with van der Waals surface area (Å²) >= 11 is 0. The second kappa shape index (κ2) is 11.2. The minimum absolute atomic E-state index is 0.0770. The molecule has 0 bridgehead atoms. The average molecular weight is 492 g/mol. The Morgan fingerprint density at radius 1 is 1.23 bits per heavy atom. The normalized spacial score (nSPS) is 13.6. The number of anilines is 2. The van der Waals surface area contributed by atoms with Gasteiger partial charge in [0.1, 0.15) is 11.6 Å². The summed E-state index contributed by atoms with van der Waals surface area (Å²) in [5, 5.41) is 12.3. The Balaban J connectivity index is 1.70. The number of nitrogens with one attached hydrogen (secondary N) is 1. The van der Waals surface area contributed by atoms with Crippen molar-refractivity contribution in [2.45, 2.75) is 39.1 Å². The standard InChI is InChI=1S/C24H27F3N4O4/c1-2-3-15(13-21(33)30-17-4-9-20-16(12-17)14-29-22(20)28)23(34)31(10-11-32)18-5-7-19(8-6-18)35-24(25,26)27/h4-9,12,15,32H,2-3,10-11,13-14H2,1H3,(H2,28,29)(H,30,33). The van der Waals surface area contributed by atoms with E-state index in [1.54, 1.807) is 18.2 Å². The van der Waals surface area contributed by atoms with Crippen LogP contribution in [0, 0.1) is 5.92 Å². The number of rotatable bonds is 10. The molecule has 0 radical (unpaired) electrons. The van der Waals surface area contributed by atoms with Gasteiger partial charge in [0.05, 0.1) is 13.2 Å². The Morgan fingerprint density at radius 3 is 2.57 bits per heavy atom. The van der Waals surface area contributed by atoms with E-state index < -0.39 is 23.9 Å². The highest BCUT2D eigenvalue weighted by molar-refractivity contribution is 6.02. The molecule has 1 atom stereocenters. The Morgan fingerprint density at radius 2 is 1.94 bits per heavy atom. The fraction of sp³-hybridized carbons (Fsp3) is 0.375. The number of amidine groups is 1. The van der Waals surface area contributed by atoms with E-state index in [2.05, 4.69) is 15.0 Å². The van der Waals surface area contributed by atoms with E-state index in [0.29, 0.717) is 30.9 Å². The number of carbonyl (C=O) groups excluding carboxylic acids is 2. The molecule has 188 valence electrons. The molecule has 3 rings (SSSR count). The molecule has 0 saturated carbocycles. The first-order valence-electron chi connectivity index (χ1n) is 11.1. The van der Waals surface area contributed by atoms with Crippen LogP contribution in [0.3, 0.4) is 0 Å². The molecule has 1 heterocycles. The van der Waals surface area contributed by atoms with Crippen molar-refractivity contribution in [3.63, 3.8) is 0 Å². The molecule has 11 heteroatoms. The SMILES string of the molecule is CCCC(CC(=O)Nc1ccc2c(c1)CN=C2N)C(=O)N(CCO)c1ccc(OC(F)(F)F)cc1. The summed E-state index contributed by atoms with van der Waals surface area (Å²) in [4.78, 5) is 31.5. The average Bonchev–Trinajstić information content (AvgIpc) is 3.16. The van der Waals surface area contributed by atoms with Crippen molar-refractivity contribution < 1.29 is 32.6 Å². The van der Waals surface area contributed by atoms with Crippen LogP contribution in [0.25, 0.3) is 0 Å². The van der Waals surface area contributed by atoms with Crippen LogP contribution in [0.4, 0.5) is 24.5 Å². The van der Waals surface area contributed by atoms with Crippen molar-refractivity contribution in [2.75, 3.05) is 23.4 Å². The van der Waals surface area contributed by atoms with Gasteiger partial charge in [-0.1, -0.05) is 13.3 Å². The molecule has 1 unspecified atom stereocenters. The smallest absolute Gasteiger partial charge is 0.406 e. The van der Waals surface area contributed by atoms with E-state index in [9.17, 15) is 27.9 Å². The first-order chi connectivity index (χ1) is 16.6. The zero-order valence-corrected chi connectivity index (χ0v) is 19.1.